The maximum Gasteiger partial charge on any atom is 0.135 e. The third kappa shape index (κ3) is 5.15. The highest BCUT2D eigenvalue weighted by atomic mass is 79.9. The Morgan fingerprint density at radius 3 is 2.90 bits per heavy atom. The predicted molar refractivity (Wildman–Crippen MR) is 89.7 cm³/mol. The van der Waals surface area contributed by atoms with Crippen molar-refractivity contribution in [3.05, 3.63) is 45.6 Å². The summed E-state index contributed by atoms with van der Waals surface area (Å²) in [6.07, 6.45) is 1.000. The number of benzene rings is 1. The van der Waals surface area contributed by atoms with Gasteiger partial charge in [0.25, 0.3) is 0 Å². The maximum atomic E-state index is 6.23. The lowest BCUT2D eigenvalue weighted by molar-refractivity contribution is 0.144. The van der Waals surface area contributed by atoms with Crippen LogP contribution >= 0.6 is 27.5 Å². The van der Waals surface area contributed by atoms with E-state index in [1.165, 1.54) is 0 Å². The topological polar surface area (TPSA) is 34.4 Å². The van der Waals surface area contributed by atoms with Crippen molar-refractivity contribution in [3.8, 4) is 11.3 Å². The summed E-state index contributed by atoms with van der Waals surface area (Å²) in [5.74, 6) is 1.69. The number of rotatable bonds is 8. The number of ether oxygens (including phenoxy) is 1. The lowest BCUT2D eigenvalue weighted by Crippen LogP contribution is -2.15. The van der Waals surface area contributed by atoms with Gasteiger partial charge in [-0.3, -0.25) is 0 Å². The first-order valence-electron chi connectivity index (χ1n) is 7.03. The van der Waals surface area contributed by atoms with Crippen molar-refractivity contribution < 1.29 is 9.15 Å². The maximum absolute atomic E-state index is 6.23. The molecular formula is C16H19BrClNO2. The second-order valence-corrected chi connectivity index (χ2v) is 5.94. The molecule has 0 atom stereocenters. The Balaban J connectivity index is 1.86. The number of hydrogen-bond donors (Lipinski definition) is 1. The summed E-state index contributed by atoms with van der Waals surface area (Å²) >= 11 is 9.63. The van der Waals surface area contributed by atoms with Crippen molar-refractivity contribution in [3.63, 3.8) is 0 Å². The van der Waals surface area contributed by atoms with Crippen LogP contribution in [0.25, 0.3) is 11.3 Å². The fraction of sp³-hybridized carbons (Fsp3) is 0.375. The van der Waals surface area contributed by atoms with Crippen LogP contribution in [0.4, 0.5) is 0 Å². The molecular weight excluding hydrogens is 354 g/mol. The van der Waals surface area contributed by atoms with Gasteiger partial charge >= 0.3 is 0 Å². The number of furan rings is 1. The van der Waals surface area contributed by atoms with Crippen molar-refractivity contribution in [2.45, 2.75) is 19.9 Å². The standard InChI is InChI=1S/C16H19BrClNO2/c1-2-20-9-3-8-19-11-13-5-7-16(21-13)14-6-4-12(17)10-15(14)18/h4-7,10,19H,2-3,8-9,11H2,1H3. The molecule has 1 aromatic carbocycles. The van der Waals surface area contributed by atoms with Gasteiger partial charge in [-0.15, -0.1) is 0 Å². The molecule has 0 aliphatic heterocycles. The normalized spacial score (nSPS) is 11.0. The molecule has 0 saturated heterocycles. The summed E-state index contributed by atoms with van der Waals surface area (Å²) < 4.78 is 12.1. The van der Waals surface area contributed by atoms with Gasteiger partial charge in [-0.1, -0.05) is 27.5 Å². The SMILES string of the molecule is CCOCCCNCc1ccc(-c2ccc(Br)cc2Cl)o1. The van der Waals surface area contributed by atoms with Crippen molar-refractivity contribution >= 4 is 27.5 Å². The Labute approximate surface area is 138 Å². The van der Waals surface area contributed by atoms with Crippen molar-refractivity contribution in [1.82, 2.24) is 5.32 Å². The van der Waals surface area contributed by atoms with Gasteiger partial charge in [0.1, 0.15) is 11.5 Å². The van der Waals surface area contributed by atoms with Crippen LogP contribution in [0.2, 0.25) is 5.02 Å². The van der Waals surface area contributed by atoms with Crippen molar-refractivity contribution in [1.29, 1.82) is 0 Å². The average Bonchev–Trinajstić information content (AvgIpc) is 2.91. The summed E-state index contributed by atoms with van der Waals surface area (Å²) in [5.41, 5.74) is 0.905. The molecule has 3 nitrogen and oxygen atoms in total. The Bertz CT molecular complexity index is 571. The number of halogens is 2. The summed E-state index contributed by atoms with van der Waals surface area (Å²) in [5, 5.41) is 4.01. The van der Waals surface area contributed by atoms with Crippen LogP contribution in [0, 0.1) is 0 Å². The largest absolute Gasteiger partial charge is 0.460 e. The lowest BCUT2D eigenvalue weighted by atomic mass is 10.2. The van der Waals surface area contributed by atoms with Crippen LogP contribution in [0.3, 0.4) is 0 Å². The molecule has 0 fully saturated rings. The minimum Gasteiger partial charge on any atom is -0.460 e. The summed E-state index contributed by atoms with van der Waals surface area (Å²) in [4.78, 5) is 0. The summed E-state index contributed by atoms with van der Waals surface area (Å²) in [6.45, 7) is 5.19. The van der Waals surface area contributed by atoms with E-state index in [4.69, 9.17) is 20.8 Å². The van der Waals surface area contributed by atoms with E-state index in [0.29, 0.717) is 11.6 Å². The molecule has 1 N–H and O–H groups in total. The van der Waals surface area contributed by atoms with Gasteiger partial charge in [-0.2, -0.15) is 0 Å². The van der Waals surface area contributed by atoms with Gasteiger partial charge in [0.15, 0.2) is 0 Å². The third-order valence-electron chi connectivity index (χ3n) is 3.00. The molecule has 1 heterocycles. The number of hydrogen-bond acceptors (Lipinski definition) is 3. The molecule has 0 amide bonds. The lowest BCUT2D eigenvalue weighted by Gasteiger charge is -2.04. The zero-order valence-corrected chi connectivity index (χ0v) is 14.3. The Morgan fingerprint density at radius 2 is 2.14 bits per heavy atom. The molecule has 114 valence electrons. The molecule has 0 saturated carbocycles. The Morgan fingerprint density at radius 1 is 1.29 bits per heavy atom. The van der Waals surface area contributed by atoms with Gasteiger partial charge in [0, 0.05) is 23.2 Å². The van der Waals surface area contributed by atoms with E-state index in [0.717, 1.165) is 47.7 Å². The second-order valence-electron chi connectivity index (χ2n) is 4.62. The van der Waals surface area contributed by atoms with E-state index in [2.05, 4.69) is 21.2 Å². The van der Waals surface area contributed by atoms with Crippen LogP contribution in [0.1, 0.15) is 19.1 Å². The molecule has 0 radical (unpaired) electrons. The molecule has 2 rings (SSSR count). The van der Waals surface area contributed by atoms with Crippen LogP contribution in [0.5, 0.6) is 0 Å². The Hall–Kier alpha value is -0.810. The van der Waals surface area contributed by atoms with Crippen LogP contribution in [0.15, 0.2) is 39.2 Å². The fourth-order valence-corrected chi connectivity index (χ4v) is 2.73. The highest BCUT2D eigenvalue weighted by molar-refractivity contribution is 9.10. The van der Waals surface area contributed by atoms with Gasteiger partial charge < -0.3 is 14.5 Å². The van der Waals surface area contributed by atoms with Gasteiger partial charge in [0.05, 0.1) is 11.6 Å². The van der Waals surface area contributed by atoms with Crippen LogP contribution in [-0.4, -0.2) is 19.8 Å². The summed E-state index contributed by atoms with van der Waals surface area (Å²) in [6, 6.07) is 9.70. The number of nitrogens with one attached hydrogen (secondary N) is 1. The third-order valence-corrected chi connectivity index (χ3v) is 3.81. The quantitative estimate of drug-likeness (QED) is 0.671. The van der Waals surface area contributed by atoms with E-state index in [1.807, 2.05) is 37.3 Å². The van der Waals surface area contributed by atoms with Gasteiger partial charge in [-0.05, 0) is 50.2 Å². The van der Waals surface area contributed by atoms with Crippen LogP contribution in [-0.2, 0) is 11.3 Å². The molecule has 0 unspecified atom stereocenters. The van der Waals surface area contributed by atoms with E-state index in [1.54, 1.807) is 0 Å². The molecule has 2 aromatic rings. The molecule has 0 aliphatic carbocycles. The zero-order valence-electron chi connectivity index (χ0n) is 12.0. The molecule has 0 bridgehead atoms. The fourth-order valence-electron chi connectivity index (χ4n) is 1.96. The van der Waals surface area contributed by atoms with E-state index in [-0.39, 0.29) is 0 Å². The van der Waals surface area contributed by atoms with Gasteiger partial charge in [-0.25, -0.2) is 0 Å². The van der Waals surface area contributed by atoms with E-state index < -0.39 is 0 Å². The first kappa shape index (κ1) is 16.6. The molecule has 21 heavy (non-hydrogen) atoms. The zero-order chi connectivity index (χ0) is 15.1. The van der Waals surface area contributed by atoms with Crippen LogP contribution < -0.4 is 5.32 Å². The van der Waals surface area contributed by atoms with Gasteiger partial charge in [0.2, 0.25) is 0 Å². The summed E-state index contributed by atoms with van der Waals surface area (Å²) in [7, 11) is 0. The smallest absolute Gasteiger partial charge is 0.135 e. The second kappa shape index (κ2) is 8.59. The van der Waals surface area contributed by atoms with E-state index >= 15 is 0 Å². The molecule has 0 aliphatic rings. The molecule has 0 spiro atoms. The molecule has 1 aromatic heterocycles. The predicted octanol–water partition coefficient (Wildman–Crippen LogP) is 4.88. The van der Waals surface area contributed by atoms with E-state index in [9.17, 15) is 0 Å². The Kier molecular flexibility index (Phi) is 6.77. The minimum atomic E-state index is 0.676. The first-order valence-corrected chi connectivity index (χ1v) is 8.20. The minimum absolute atomic E-state index is 0.676. The first-order chi connectivity index (χ1) is 10.2. The van der Waals surface area contributed by atoms with Crippen molar-refractivity contribution in [2.75, 3.05) is 19.8 Å². The molecule has 5 heteroatoms. The highest BCUT2D eigenvalue weighted by Crippen LogP contribution is 2.31. The monoisotopic (exact) mass is 371 g/mol. The highest BCUT2D eigenvalue weighted by Gasteiger charge is 2.08. The van der Waals surface area contributed by atoms with Crippen molar-refractivity contribution in [2.24, 2.45) is 0 Å². The average molecular weight is 373 g/mol.